The second-order valence-corrected chi connectivity index (χ2v) is 6.28. The Morgan fingerprint density at radius 1 is 1.30 bits per heavy atom. The van der Waals surface area contributed by atoms with Crippen molar-refractivity contribution in [2.24, 2.45) is 0 Å². The van der Waals surface area contributed by atoms with E-state index >= 15 is 0 Å². The number of halogens is 1. The zero-order valence-corrected chi connectivity index (χ0v) is 13.7. The van der Waals surface area contributed by atoms with Crippen molar-refractivity contribution in [2.45, 2.75) is 65.1 Å². The molecule has 0 aromatic heterocycles. The predicted octanol–water partition coefficient (Wildman–Crippen LogP) is 4.61. The molecule has 1 saturated heterocycles. The molecule has 1 aliphatic heterocycles. The monoisotopic (exact) mass is 294 g/mol. The molecule has 2 nitrogen and oxygen atoms in total. The molecule has 0 bridgehead atoms. The molecule has 1 fully saturated rings. The van der Waals surface area contributed by atoms with Crippen molar-refractivity contribution in [2.75, 3.05) is 11.4 Å². The Kier molecular flexibility index (Phi) is 5.74. The van der Waals surface area contributed by atoms with Crippen LogP contribution < -0.4 is 10.2 Å². The van der Waals surface area contributed by atoms with Crippen LogP contribution >= 0.6 is 11.6 Å². The molecule has 1 aromatic rings. The number of hydrogen-bond acceptors (Lipinski definition) is 2. The largest absolute Gasteiger partial charge is 0.366 e. The lowest BCUT2D eigenvalue weighted by Crippen LogP contribution is -2.35. The van der Waals surface area contributed by atoms with Gasteiger partial charge in [0, 0.05) is 29.3 Å². The highest BCUT2D eigenvalue weighted by Gasteiger charge is 2.30. The standard InChI is InChI=1S/C17H27ClN2/c1-4-10-19-12-14-11-15(18)7-9-17(14)20-13(3)6-8-16(20)5-2/h7,9,11,13,16,19H,4-6,8,10,12H2,1-3H3. The van der Waals surface area contributed by atoms with E-state index in [0.717, 1.165) is 24.5 Å². The van der Waals surface area contributed by atoms with Gasteiger partial charge in [-0.1, -0.05) is 25.4 Å². The van der Waals surface area contributed by atoms with Gasteiger partial charge in [-0.25, -0.2) is 0 Å². The minimum Gasteiger partial charge on any atom is -0.366 e. The summed E-state index contributed by atoms with van der Waals surface area (Å²) >= 11 is 6.20. The summed E-state index contributed by atoms with van der Waals surface area (Å²) in [6.45, 7) is 8.79. The SMILES string of the molecule is CCCNCc1cc(Cl)ccc1N1C(C)CCC1CC. The van der Waals surface area contributed by atoms with E-state index in [1.165, 1.54) is 30.5 Å². The first-order valence-corrected chi connectivity index (χ1v) is 8.32. The highest BCUT2D eigenvalue weighted by atomic mass is 35.5. The van der Waals surface area contributed by atoms with Crippen molar-refractivity contribution in [1.29, 1.82) is 0 Å². The zero-order valence-electron chi connectivity index (χ0n) is 13.0. The summed E-state index contributed by atoms with van der Waals surface area (Å²) in [4.78, 5) is 2.61. The number of nitrogens with zero attached hydrogens (tertiary/aromatic N) is 1. The fraction of sp³-hybridized carbons (Fsp3) is 0.647. The van der Waals surface area contributed by atoms with Crippen molar-refractivity contribution in [3.63, 3.8) is 0 Å². The molecular formula is C17H27ClN2. The van der Waals surface area contributed by atoms with E-state index in [0.29, 0.717) is 12.1 Å². The molecule has 1 N–H and O–H groups in total. The highest BCUT2D eigenvalue weighted by Crippen LogP contribution is 2.35. The van der Waals surface area contributed by atoms with Crippen LogP contribution in [0.1, 0.15) is 52.0 Å². The Hall–Kier alpha value is -0.730. The summed E-state index contributed by atoms with van der Waals surface area (Å²) in [7, 11) is 0. The lowest BCUT2D eigenvalue weighted by Gasteiger charge is -2.32. The van der Waals surface area contributed by atoms with Gasteiger partial charge in [0.2, 0.25) is 0 Å². The van der Waals surface area contributed by atoms with Gasteiger partial charge in [0.15, 0.2) is 0 Å². The van der Waals surface area contributed by atoms with E-state index in [-0.39, 0.29) is 0 Å². The molecule has 0 amide bonds. The molecule has 112 valence electrons. The van der Waals surface area contributed by atoms with Gasteiger partial charge in [0.05, 0.1) is 0 Å². The lowest BCUT2D eigenvalue weighted by molar-refractivity contribution is 0.619. The fourth-order valence-corrected chi connectivity index (χ4v) is 3.45. The van der Waals surface area contributed by atoms with E-state index < -0.39 is 0 Å². The maximum atomic E-state index is 6.20. The van der Waals surface area contributed by atoms with Crippen LogP contribution in [0.3, 0.4) is 0 Å². The lowest BCUT2D eigenvalue weighted by atomic mass is 10.1. The summed E-state index contributed by atoms with van der Waals surface area (Å²) in [5.41, 5.74) is 2.70. The van der Waals surface area contributed by atoms with Crippen molar-refractivity contribution >= 4 is 17.3 Å². The van der Waals surface area contributed by atoms with E-state index in [9.17, 15) is 0 Å². The minimum atomic E-state index is 0.631. The van der Waals surface area contributed by atoms with Crippen LogP contribution in [-0.4, -0.2) is 18.6 Å². The average molecular weight is 295 g/mol. The molecule has 20 heavy (non-hydrogen) atoms. The van der Waals surface area contributed by atoms with Gasteiger partial charge in [-0.3, -0.25) is 0 Å². The van der Waals surface area contributed by atoms with Gasteiger partial charge >= 0.3 is 0 Å². The van der Waals surface area contributed by atoms with E-state index in [1.54, 1.807) is 0 Å². The number of rotatable bonds is 6. The molecule has 0 saturated carbocycles. The first kappa shape index (κ1) is 15.7. The van der Waals surface area contributed by atoms with Gasteiger partial charge in [0.1, 0.15) is 0 Å². The third-order valence-electron chi connectivity index (χ3n) is 4.32. The fourth-order valence-electron chi connectivity index (χ4n) is 3.25. The third-order valence-corrected chi connectivity index (χ3v) is 4.55. The van der Waals surface area contributed by atoms with Crippen LogP contribution in [0.25, 0.3) is 0 Å². The van der Waals surface area contributed by atoms with Crippen molar-refractivity contribution in [1.82, 2.24) is 5.32 Å². The van der Waals surface area contributed by atoms with Gasteiger partial charge in [-0.05, 0) is 62.9 Å². The zero-order chi connectivity index (χ0) is 14.5. The Labute approximate surface area is 128 Å². The first-order chi connectivity index (χ1) is 9.67. The van der Waals surface area contributed by atoms with Crippen LogP contribution in [0.5, 0.6) is 0 Å². The molecule has 1 heterocycles. The maximum Gasteiger partial charge on any atom is 0.0417 e. The predicted molar refractivity (Wildman–Crippen MR) is 88.7 cm³/mol. The summed E-state index contributed by atoms with van der Waals surface area (Å²) in [6, 6.07) is 7.66. The number of anilines is 1. The van der Waals surface area contributed by atoms with Crippen molar-refractivity contribution < 1.29 is 0 Å². The second kappa shape index (κ2) is 7.33. The highest BCUT2D eigenvalue weighted by molar-refractivity contribution is 6.30. The normalized spacial score (nSPS) is 22.5. The maximum absolute atomic E-state index is 6.20. The van der Waals surface area contributed by atoms with Crippen LogP contribution in [0.4, 0.5) is 5.69 Å². The van der Waals surface area contributed by atoms with Gasteiger partial charge in [-0.2, -0.15) is 0 Å². The van der Waals surface area contributed by atoms with E-state index in [2.05, 4.69) is 43.1 Å². The second-order valence-electron chi connectivity index (χ2n) is 5.85. The molecule has 0 aliphatic carbocycles. The minimum absolute atomic E-state index is 0.631. The molecule has 3 heteroatoms. The summed E-state index contributed by atoms with van der Waals surface area (Å²) in [5.74, 6) is 0. The van der Waals surface area contributed by atoms with Crippen LogP contribution in [0.2, 0.25) is 5.02 Å². The smallest absolute Gasteiger partial charge is 0.0417 e. The van der Waals surface area contributed by atoms with Gasteiger partial charge in [0.25, 0.3) is 0 Å². The van der Waals surface area contributed by atoms with Crippen LogP contribution in [-0.2, 0) is 6.54 Å². The third kappa shape index (κ3) is 3.48. The molecule has 2 atom stereocenters. The summed E-state index contributed by atoms with van der Waals surface area (Å²) in [6.07, 6.45) is 4.98. The molecule has 1 aliphatic rings. The molecule has 0 spiro atoms. The Morgan fingerprint density at radius 3 is 2.80 bits per heavy atom. The number of nitrogens with one attached hydrogen (secondary N) is 1. The summed E-state index contributed by atoms with van der Waals surface area (Å²) in [5, 5.41) is 4.34. The number of benzene rings is 1. The molecule has 0 radical (unpaired) electrons. The van der Waals surface area contributed by atoms with Crippen LogP contribution in [0.15, 0.2) is 18.2 Å². The van der Waals surface area contributed by atoms with Crippen molar-refractivity contribution in [3.8, 4) is 0 Å². The molecule has 1 aromatic carbocycles. The topological polar surface area (TPSA) is 15.3 Å². The van der Waals surface area contributed by atoms with E-state index in [1.807, 2.05) is 6.07 Å². The first-order valence-electron chi connectivity index (χ1n) is 7.94. The average Bonchev–Trinajstić information content (AvgIpc) is 2.80. The van der Waals surface area contributed by atoms with Crippen LogP contribution in [0, 0.1) is 0 Å². The van der Waals surface area contributed by atoms with Gasteiger partial charge in [-0.15, -0.1) is 0 Å². The Balaban J connectivity index is 2.25. The summed E-state index contributed by atoms with van der Waals surface area (Å²) < 4.78 is 0. The quantitative estimate of drug-likeness (QED) is 0.771. The number of hydrogen-bond donors (Lipinski definition) is 1. The molecular weight excluding hydrogens is 268 g/mol. The van der Waals surface area contributed by atoms with Gasteiger partial charge < -0.3 is 10.2 Å². The molecule has 2 unspecified atom stereocenters. The van der Waals surface area contributed by atoms with E-state index in [4.69, 9.17) is 11.6 Å². The Bertz CT molecular complexity index is 433. The Morgan fingerprint density at radius 2 is 2.10 bits per heavy atom. The van der Waals surface area contributed by atoms with Crippen molar-refractivity contribution in [3.05, 3.63) is 28.8 Å². The molecule has 2 rings (SSSR count).